The topological polar surface area (TPSA) is 105 Å². The fourth-order valence-corrected chi connectivity index (χ4v) is 2.52. The average molecular weight is 428 g/mol. The zero-order valence-corrected chi connectivity index (χ0v) is 15.6. The quantitative estimate of drug-likeness (QED) is 0.230. The number of nitro groups is 1. The van der Waals surface area contributed by atoms with E-state index >= 15 is 0 Å². The van der Waals surface area contributed by atoms with Gasteiger partial charge in [-0.25, -0.2) is 0 Å². The Balaban J connectivity index is 2.36. The second-order valence-corrected chi connectivity index (χ2v) is 6.10. The van der Waals surface area contributed by atoms with Crippen LogP contribution >= 0.6 is 15.9 Å². The fraction of sp³-hybridized carbons (Fsp3) is 0.0526. The summed E-state index contributed by atoms with van der Waals surface area (Å²) in [4.78, 5) is 22.9. The standard InChI is InChI=1S/C19H14BrN3O4/c1-2-9-27-18-8-7-15(20)11-13(18)10-14(12-21)19(24)22-16-5-3-4-6-17(16)23(25)26/h2-8,10-11H,1,9H2,(H,22,24). The monoisotopic (exact) mass is 427 g/mol. The predicted octanol–water partition coefficient (Wildman–Crippen LogP) is 4.47. The fourth-order valence-electron chi connectivity index (χ4n) is 2.14. The second kappa shape index (κ2) is 9.31. The Morgan fingerprint density at radius 3 is 2.78 bits per heavy atom. The second-order valence-electron chi connectivity index (χ2n) is 5.18. The Hall–Kier alpha value is -3.44. The van der Waals surface area contributed by atoms with Crippen molar-refractivity contribution < 1.29 is 14.5 Å². The highest BCUT2D eigenvalue weighted by Gasteiger charge is 2.17. The molecule has 2 aromatic carbocycles. The first-order valence-electron chi connectivity index (χ1n) is 7.66. The van der Waals surface area contributed by atoms with Crippen molar-refractivity contribution in [2.45, 2.75) is 0 Å². The van der Waals surface area contributed by atoms with E-state index in [2.05, 4.69) is 27.8 Å². The molecule has 0 aromatic heterocycles. The van der Waals surface area contributed by atoms with Crippen LogP contribution in [0.1, 0.15) is 5.56 Å². The number of nitro benzene ring substituents is 1. The maximum absolute atomic E-state index is 12.4. The third-order valence-corrected chi connectivity index (χ3v) is 3.84. The van der Waals surface area contributed by atoms with E-state index in [4.69, 9.17) is 4.74 Å². The van der Waals surface area contributed by atoms with E-state index in [0.717, 1.165) is 4.47 Å². The molecule has 136 valence electrons. The van der Waals surface area contributed by atoms with Crippen LogP contribution in [0.3, 0.4) is 0 Å². The highest BCUT2D eigenvalue weighted by molar-refractivity contribution is 9.10. The van der Waals surface area contributed by atoms with Crippen LogP contribution in [-0.2, 0) is 4.79 Å². The largest absolute Gasteiger partial charge is 0.489 e. The van der Waals surface area contributed by atoms with Gasteiger partial charge < -0.3 is 10.1 Å². The number of halogens is 1. The highest BCUT2D eigenvalue weighted by atomic mass is 79.9. The number of nitriles is 1. The summed E-state index contributed by atoms with van der Waals surface area (Å²) in [6.45, 7) is 3.83. The van der Waals surface area contributed by atoms with E-state index < -0.39 is 10.8 Å². The molecule has 1 N–H and O–H groups in total. The van der Waals surface area contributed by atoms with Crippen LogP contribution in [0.2, 0.25) is 0 Å². The SMILES string of the molecule is C=CCOc1ccc(Br)cc1C=C(C#N)C(=O)Nc1ccccc1[N+](=O)[O-]. The van der Waals surface area contributed by atoms with Gasteiger partial charge in [0.05, 0.1) is 4.92 Å². The smallest absolute Gasteiger partial charge is 0.292 e. The van der Waals surface area contributed by atoms with Gasteiger partial charge >= 0.3 is 0 Å². The van der Waals surface area contributed by atoms with Gasteiger partial charge in [0.15, 0.2) is 0 Å². The molecule has 8 heteroatoms. The lowest BCUT2D eigenvalue weighted by Crippen LogP contribution is -2.14. The summed E-state index contributed by atoms with van der Waals surface area (Å²) in [5.74, 6) is -0.300. The molecule has 0 unspecified atom stereocenters. The summed E-state index contributed by atoms with van der Waals surface area (Å²) in [5.41, 5.74) is 0.0156. The van der Waals surface area contributed by atoms with Gasteiger partial charge in [0.1, 0.15) is 29.7 Å². The average Bonchev–Trinajstić information content (AvgIpc) is 2.65. The van der Waals surface area contributed by atoms with Crippen molar-refractivity contribution >= 4 is 39.3 Å². The molecule has 0 aliphatic heterocycles. The number of ether oxygens (including phenoxy) is 1. The first-order chi connectivity index (χ1) is 13.0. The van der Waals surface area contributed by atoms with Gasteiger partial charge in [0.25, 0.3) is 11.6 Å². The Bertz CT molecular complexity index is 964. The van der Waals surface area contributed by atoms with E-state index in [1.165, 1.54) is 24.3 Å². The minimum Gasteiger partial charge on any atom is -0.489 e. The van der Waals surface area contributed by atoms with E-state index in [-0.39, 0.29) is 23.6 Å². The lowest BCUT2D eigenvalue weighted by atomic mass is 10.1. The summed E-state index contributed by atoms with van der Waals surface area (Å²) in [5, 5.41) is 22.8. The zero-order valence-electron chi connectivity index (χ0n) is 14.0. The van der Waals surface area contributed by atoms with E-state index in [9.17, 15) is 20.2 Å². The van der Waals surface area contributed by atoms with Gasteiger partial charge in [0, 0.05) is 16.1 Å². The van der Waals surface area contributed by atoms with Gasteiger partial charge in [-0.3, -0.25) is 14.9 Å². The summed E-state index contributed by atoms with van der Waals surface area (Å²) in [7, 11) is 0. The van der Waals surface area contributed by atoms with Crippen molar-refractivity contribution in [3.8, 4) is 11.8 Å². The number of benzene rings is 2. The van der Waals surface area contributed by atoms with Crippen LogP contribution in [0.15, 0.2) is 65.2 Å². The minimum absolute atomic E-state index is 0.00558. The maximum Gasteiger partial charge on any atom is 0.292 e. The summed E-state index contributed by atoms with van der Waals surface area (Å²) in [6, 6.07) is 12.6. The van der Waals surface area contributed by atoms with Gasteiger partial charge in [-0.2, -0.15) is 5.26 Å². The number of nitrogens with zero attached hydrogens (tertiary/aromatic N) is 2. The van der Waals surface area contributed by atoms with Crippen molar-refractivity contribution in [2.24, 2.45) is 0 Å². The molecule has 0 aliphatic carbocycles. The predicted molar refractivity (Wildman–Crippen MR) is 105 cm³/mol. The number of amides is 1. The van der Waals surface area contributed by atoms with Gasteiger partial charge in [0.2, 0.25) is 0 Å². The lowest BCUT2D eigenvalue weighted by Gasteiger charge is -2.09. The van der Waals surface area contributed by atoms with Gasteiger partial charge in [-0.15, -0.1) is 0 Å². The van der Waals surface area contributed by atoms with Gasteiger partial charge in [-0.05, 0) is 30.3 Å². The van der Waals surface area contributed by atoms with Crippen LogP contribution in [0.5, 0.6) is 5.75 Å². The van der Waals surface area contributed by atoms with Crippen LogP contribution in [0, 0.1) is 21.4 Å². The number of anilines is 1. The molecule has 0 fully saturated rings. The normalized spacial score (nSPS) is 10.6. The molecule has 0 aliphatic rings. The molecular weight excluding hydrogens is 414 g/mol. The first kappa shape index (κ1) is 19.9. The summed E-state index contributed by atoms with van der Waals surface area (Å²) >= 11 is 3.33. The molecule has 27 heavy (non-hydrogen) atoms. The van der Waals surface area contributed by atoms with Crippen LogP contribution in [0.25, 0.3) is 6.08 Å². The number of nitrogens with one attached hydrogen (secondary N) is 1. The Labute approximate surface area is 163 Å². The molecule has 0 saturated heterocycles. The van der Waals surface area contributed by atoms with Crippen molar-refractivity contribution in [1.29, 1.82) is 5.26 Å². The number of carbonyl (C=O) groups is 1. The maximum atomic E-state index is 12.4. The molecular formula is C19H14BrN3O4. The van der Waals surface area contributed by atoms with Crippen molar-refractivity contribution in [1.82, 2.24) is 0 Å². The van der Waals surface area contributed by atoms with Crippen LogP contribution < -0.4 is 10.1 Å². The van der Waals surface area contributed by atoms with E-state index in [1.807, 2.05) is 6.07 Å². The number of hydrogen-bond donors (Lipinski definition) is 1. The molecule has 0 saturated carbocycles. The Kier molecular flexibility index (Phi) is 6.86. The lowest BCUT2D eigenvalue weighted by molar-refractivity contribution is -0.383. The molecule has 2 rings (SSSR count). The Morgan fingerprint density at radius 1 is 1.37 bits per heavy atom. The van der Waals surface area contributed by atoms with Gasteiger partial charge in [-0.1, -0.05) is 40.7 Å². The van der Waals surface area contributed by atoms with Crippen molar-refractivity contribution in [2.75, 3.05) is 11.9 Å². The van der Waals surface area contributed by atoms with E-state index in [0.29, 0.717) is 11.3 Å². The van der Waals surface area contributed by atoms with Crippen LogP contribution in [0.4, 0.5) is 11.4 Å². The molecule has 0 heterocycles. The molecule has 0 radical (unpaired) electrons. The molecule has 0 bridgehead atoms. The third-order valence-electron chi connectivity index (χ3n) is 3.34. The number of para-hydroxylation sites is 2. The molecule has 7 nitrogen and oxygen atoms in total. The molecule has 0 atom stereocenters. The molecule has 2 aromatic rings. The van der Waals surface area contributed by atoms with E-state index in [1.54, 1.807) is 30.3 Å². The summed E-state index contributed by atoms with van der Waals surface area (Å²) < 4.78 is 6.25. The number of carbonyl (C=O) groups excluding carboxylic acids is 1. The third kappa shape index (κ3) is 5.26. The molecule has 1 amide bonds. The first-order valence-corrected chi connectivity index (χ1v) is 8.45. The van der Waals surface area contributed by atoms with Crippen molar-refractivity contribution in [3.63, 3.8) is 0 Å². The van der Waals surface area contributed by atoms with Crippen LogP contribution in [-0.4, -0.2) is 17.4 Å². The minimum atomic E-state index is -0.763. The number of hydrogen-bond acceptors (Lipinski definition) is 5. The molecule has 0 spiro atoms. The summed E-state index contributed by atoms with van der Waals surface area (Å²) in [6.07, 6.45) is 2.93. The zero-order chi connectivity index (χ0) is 19.8. The number of rotatable bonds is 7. The highest BCUT2D eigenvalue weighted by Crippen LogP contribution is 2.27. The van der Waals surface area contributed by atoms with Crippen molar-refractivity contribution in [3.05, 3.63) is 80.8 Å². The Morgan fingerprint density at radius 2 is 2.11 bits per heavy atom.